The topological polar surface area (TPSA) is 79.9 Å². The minimum absolute atomic E-state index is 0.0583. The predicted octanol–water partition coefficient (Wildman–Crippen LogP) is 4.54. The third-order valence-electron chi connectivity index (χ3n) is 7.26. The first kappa shape index (κ1) is 28.2. The maximum atomic E-state index is 12.7. The third kappa shape index (κ3) is 7.32. The van der Waals surface area contributed by atoms with Gasteiger partial charge in [0.25, 0.3) is 0 Å². The summed E-state index contributed by atoms with van der Waals surface area (Å²) < 4.78 is 11.6. The second kappa shape index (κ2) is 13.8. The molecule has 1 aliphatic carbocycles. The monoisotopic (exact) mass is 499 g/mol. The van der Waals surface area contributed by atoms with Crippen LogP contribution in [0, 0.1) is 11.8 Å². The second-order valence-electron chi connectivity index (χ2n) is 10.4. The van der Waals surface area contributed by atoms with Crippen LogP contribution in [0.15, 0.2) is 30.4 Å². The van der Waals surface area contributed by atoms with E-state index in [1.165, 1.54) is 11.1 Å². The zero-order valence-corrected chi connectivity index (χ0v) is 22.7. The van der Waals surface area contributed by atoms with Gasteiger partial charge in [0.1, 0.15) is 11.8 Å². The average Bonchev–Trinajstić information content (AvgIpc) is 3.40. The Kier molecular flexibility index (Phi) is 10.8. The first-order chi connectivity index (χ1) is 17.3. The van der Waals surface area contributed by atoms with Gasteiger partial charge in [0.2, 0.25) is 11.8 Å². The van der Waals surface area contributed by atoms with Gasteiger partial charge in [-0.05, 0) is 74.8 Å². The van der Waals surface area contributed by atoms with Gasteiger partial charge < -0.3 is 25.0 Å². The number of allylic oxidation sites excluding steroid dienone is 1. The SMILES string of the molecule is CC/C=C/CO[C@@H]1C[C@H](NCCCNC(=O)[C@H](C)N2CC[C@H](CC(C)C)C2=O)c2cc(OC)ccc21. The molecule has 0 unspecified atom stereocenters. The van der Waals surface area contributed by atoms with Gasteiger partial charge in [0.05, 0.1) is 19.8 Å². The van der Waals surface area contributed by atoms with Gasteiger partial charge in [-0.3, -0.25) is 9.59 Å². The molecule has 1 aromatic carbocycles. The van der Waals surface area contributed by atoms with Gasteiger partial charge in [-0.1, -0.05) is 39.0 Å². The molecule has 1 aliphatic heterocycles. The lowest BCUT2D eigenvalue weighted by Gasteiger charge is -2.24. The molecule has 36 heavy (non-hydrogen) atoms. The van der Waals surface area contributed by atoms with E-state index in [1.807, 2.05) is 13.0 Å². The minimum atomic E-state index is -0.420. The summed E-state index contributed by atoms with van der Waals surface area (Å²) in [6.07, 6.45) is 8.70. The third-order valence-corrected chi connectivity index (χ3v) is 7.26. The minimum Gasteiger partial charge on any atom is -0.497 e. The molecular formula is C29H45N3O4. The molecular weight excluding hydrogens is 454 g/mol. The van der Waals surface area contributed by atoms with E-state index in [9.17, 15) is 9.59 Å². The summed E-state index contributed by atoms with van der Waals surface area (Å²) in [5, 5.41) is 6.66. The van der Waals surface area contributed by atoms with Crippen LogP contribution in [-0.4, -0.2) is 56.1 Å². The standard InChI is InChI=1S/C29H45N3O4/c1-6-7-8-16-36-27-19-26(25-18-23(35-5)10-11-24(25)27)30-13-9-14-31-28(33)21(4)32-15-12-22(29(32)34)17-20(2)3/h7-8,10-11,18,20-22,26-27,30H,6,9,12-17,19H2,1-5H3,(H,31,33)/b8-7+/t21-,22+,26-,27+/m0/s1. The van der Waals surface area contributed by atoms with E-state index in [1.54, 1.807) is 12.0 Å². The smallest absolute Gasteiger partial charge is 0.242 e. The molecule has 0 radical (unpaired) electrons. The van der Waals surface area contributed by atoms with E-state index in [2.05, 4.69) is 55.7 Å². The Balaban J connectivity index is 1.44. The van der Waals surface area contributed by atoms with Crippen molar-refractivity contribution < 1.29 is 19.1 Å². The van der Waals surface area contributed by atoms with Crippen molar-refractivity contribution in [3.8, 4) is 5.75 Å². The quantitative estimate of drug-likeness (QED) is 0.290. The van der Waals surface area contributed by atoms with E-state index < -0.39 is 6.04 Å². The molecule has 2 amide bonds. The van der Waals surface area contributed by atoms with Crippen molar-refractivity contribution in [2.24, 2.45) is 11.8 Å². The molecule has 3 rings (SSSR count). The molecule has 4 atom stereocenters. The number of benzene rings is 1. The molecule has 0 bridgehead atoms. The van der Waals surface area contributed by atoms with Crippen LogP contribution in [0.4, 0.5) is 0 Å². The number of amides is 2. The van der Waals surface area contributed by atoms with Crippen LogP contribution in [-0.2, 0) is 14.3 Å². The van der Waals surface area contributed by atoms with Crippen molar-refractivity contribution in [2.75, 3.05) is 33.4 Å². The van der Waals surface area contributed by atoms with E-state index in [0.717, 1.165) is 44.4 Å². The summed E-state index contributed by atoms with van der Waals surface area (Å²) in [5.41, 5.74) is 2.44. The van der Waals surface area contributed by atoms with Crippen molar-refractivity contribution in [2.45, 2.75) is 78.0 Å². The molecule has 200 valence electrons. The molecule has 1 fully saturated rings. The molecule has 1 heterocycles. The van der Waals surface area contributed by atoms with Crippen LogP contribution in [0.5, 0.6) is 5.75 Å². The Bertz CT molecular complexity index is 901. The number of methoxy groups -OCH3 is 1. The van der Waals surface area contributed by atoms with Crippen LogP contribution < -0.4 is 15.4 Å². The summed E-state index contributed by atoms with van der Waals surface area (Å²) in [6, 6.07) is 5.96. The molecule has 2 aliphatic rings. The molecule has 1 aromatic rings. The van der Waals surface area contributed by atoms with Crippen molar-refractivity contribution in [3.05, 3.63) is 41.5 Å². The number of hydrogen-bond donors (Lipinski definition) is 2. The fourth-order valence-corrected chi connectivity index (χ4v) is 5.30. The van der Waals surface area contributed by atoms with Crippen molar-refractivity contribution in [1.82, 2.24) is 15.5 Å². The summed E-state index contributed by atoms with van der Waals surface area (Å²) in [4.78, 5) is 27.1. The fraction of sp³-hybridized carbons (Fsp3) is 0.655. The highest BCUT2D eigenvalue weighted by atomic mass is 16.5. The van der Waals surface area contributed by atoms with Gasteiger partial charge in [0, 0.05) is 25.0 Å². The number of nitrogens with one attached hydrogen (secondary N) is 2. The fourth-order valence-electron chi connectivity index (χ4n) is 5.30. The summed E-state index contributed by atoms with van der Waals surface area (Å²) in [6.45, 7) is 10.9. The first-order valence-electron chi connectivity index (χ1n) is 13.6. The number of hydrogen-bond acceptors (Lipinski definition) is 5. The number of ether oxygens (including phenoxy) is 2. The van der Waals surface area contributed by atoms with Crippen LogP contribution in [0.25, 0.3) is 0 Å². The zero-order chi connectivity index (χ0) is 26.1. The molecule has 2 N–H and O–H groups in total. The molecule has 0 saturated carbocycles. The Morgan fingerprint density at radius 1 is 1.19 bits per heavy atom. The lowest BCUT2D eigenvalue weighted by atomic mass is 9.96. The van der Waals surface area contributed by atoms with Crippen LogP contribution >= 0.6 is 0 Å². The number of rotatable bonds is 14. The molecule has 0 spiro atoms. The predicted molar refractivity (Wildman–Crippen MR) is 143 cm³/mol. The van der Waals surface area contributed by atoms with Gasteiger partial charge in [-0.15, -0.1) is 0 Å². The lowest BCUT2D eigenvalue weighted by molar-refractivity contribution is -0.139. The highest BCUT2D eigenvalue weighted by Crippen LogP contribution is 2.42. The number of likely N-dealkylation sites (tertiary alicyclic amines) is 1. The maximum absolute atomic E-state index is 12.7. The molecule has 7 heteroatoms. The second-order valence-corrected chi connectivity index (χ2v) is 10.4. The Labute approximate surface area is 217 Å². The summed E-state index contributed by atoms with van der Waals surface area (Å²) in [5.74, 6) is 1.46. The van der Waals surface area contributed by atoms with Crippen molar-refractivity contribution in [1.29, 1.82) is 0 Å². The van der Waals surface area contributed by atoms with Crippen molar-refractivity contribution in [3.63, 3.8) is 0 Å². The Morgan fingerprint density at radius 3 is 2.72 bits per heavy atom. The Morgan fingerprint density at radius 2 is 2.00 bits per heavy atom. The number of nitrogens with zero attached hydrogens (tertiary/aromatic N) is 1. The molecule has 0 aromatic heterocycles. The highest BCUT2D eigenvalue weighted by Gasteiger charge is 2.36. The largest absolute Gasteiger partial charge is 0.497 e. The zero-order valence-electron chi connectivity index (χ0n) is 22.7. The highest BCUT2D eigenvalue weighted by molar-refractivity contribution is 5.89. The van der Waals surface area contributed by atoms with Crippen LogP contribution in [0.2, 0.25) is 0 Å². The maximum Gasteiger partial charge on any atom is 0.242 e. The normalized spacial score (nSPS) is 22.4. The van der Waals surface area contributed by atoms with Gasteiger partial charge in [-0.2, -0.15) is 0 Å². The number of carbonyl (C=O) groups is 2. The summed E-state index contributed by atoms with van der Waals surface area (Å²) >= 11 is 0. The van der Waals surface area contributed by atoms with E-state index in [4.69, 9.17) is 9.47 Å². The van der Waals surface area contributed by atoms with E-state index >= 15 is 0 Å². The first-order valence-corrected chi connectivity index (χ1v) is 13.6. The molecule has 7 nitrogen and oxygen atoms in total. The van der Waals surface area contributed by atoms with E-state index in [0.29, 0.717) is 25.6 Å². The number of carbonyl (C=O) groups excluding carboxylic acids is 2. The number of fused-ring (bicyclic) bond motifs is 1. The van der Waals surface area contributed by atoms with E-state index in [-0.39, 0.29) is 29.9 Å². The van der Waals surface area contributed by atoms with Gasteiger partial charge in [0.15, 0.2) is 0 Å². The van der Waals surface area contributed by atoms with Crippen LogP contribution in [0.1, 0.15) is 83.1 Å². The van der Waals surface area contributed by atoms with Gasteiger partial charge in [-0.25, -0.2) is 0 Å². The van der Waals surface area contributed by atoms with Crippen LogP contribution in [0.3, 0.4) is 0 Å². The Hall–Kier alpha value is -2.38. The summed E-state index contributed by atoms with van der Waals surface area (Å²) in [7, 11) is 1.69. The lowest BCUT2D eigenvalue weighted by Crippen LogP contribution is -2.46. The molecule has 1 saturated heterocycles. The van der Waals surface area contributed by atoms with Crippen molar-refractivity contribution >= 4 is 11.8 Å². The average molecular weight is 500 g/mol. The van der Waals surface area contributed by atoms with Gasteiger partial charge >= 0.3 is 0 Å².